The van der Waals surface area contributed by atoms with Gasteiger partial charge in [0, 0.05) is 11.1 Å². The third-order valence-corrected chi connectivity index (χ3v) is 5.14. The van der Waals surface area contributed by atoms with Crippen LogP contribution < -0.4 is 23.7 Å². The molecule has 6 nitrogen and oxygen atoms in total. The van der Waals surface area contributed by atoms with Gasteiger partial charge >= 0.3 is 0 Å². The topological polar surface area (TPSA) is 59.0 Å². The summed E-state index contributed by atoms with van der Waals surface area (Å²) in [5, 5.41) is 0. The van der Waals surface area contributed by atoms with Gasteiger partial charge in [0.1, 0.15) is 13.2 Å². The van der Waals surface area contributed by atoms with Crippen molar-refractivity contribution in [3.63, 3.8) is 0 Å². The SMILES string of the molecule is COc1cc(-c2cc(-c3ccc4c(c3)OCCO4)ns2)cc(OC)c1OC. The number of fused-ring (bicyclic) bond motifs is 1. The van der Waals surface area contributed by atoms with Gasteiger partial charge in [0.2, 0.25) is 5.75 Å². The fourth-order valence-corrected chi connectivity index (χ4v) is 3.72. The van der Waals surface area contributed by atoms with E-state index in [1.165, 1.54) is 11.5 Å². The van der Waals surface area contributed by atoms with E-state index in [0.717, 1.165) is 33.2 Å². The van der Waals surface area contributed by atoms with Crippen molar-refractivity contribution < 1.29 is 23.7 Å². The first-order valence-corrected chi connectivity index (χ1v) is 9.18. The van der Waals surface area contributed by atoms with Crippen molar-refractivity contribution in [3.05, 3.63) is 36.4 Å². The second-order valence-electron chi connectivity index (χ2n) is 5.85. The van der Waals surface area contributed by atoms with E-state index in [1.807, 2.05) is 36.4 Å². The maximum absolute atomic E-state index is 5.67. The highest BCUT2D eigenvalue weighted by atomic mass is 32.1. The predicted octanol–water partition coefficient (Wildman–Crippen LogP) is 4.27. The van der Waals surface area contributed by atoms with Crippen LogP contribution in [0.2, 0.25) is 0 Å². The van der Waals surface area contributed by atoms with Crippen LogP contribution in [-0.4, -0.2) is 38.9 Å². The quantitative estimate of drug-likeness (QED) is 0.654. The fourth-order valence-electron chi connectivity index (χ4n) is 2.97. The molecular weight excluding hydrogens is 366 g/mol. The average molecular weight is 385 g/mol. The normalized spacial score (nSPS) is 12.6. The van der Waals surface area contributed by atoms with Crippen LogP contribution >= 0.6 is 11.5 Å². The molecule has 1 aliphatic heterocycles. The molecule has 0 unspecified atom stereocenters. The monoisotopic (exact) mass is 385 g/mol. The van der Waals surface area contributed by atoms with E-state index < -0.39 is 0 Å². The van der Waals surface area contributed by atoms with Gasteiger partial charge in [0.15, 0.2) is 23.0 Å². The van der Waals surface area contributed by atoms with E-state index >= 15 is 0 Å². The van der Waals surface area contributed by atoms with E-state index in [0.29, 0.717) is 30.5 Å². The Balaban J connectivity index is 1.71. The molecule has 3 aromatic rings. The van der Waals surface area contributed by atoms with Gasteiger partial charge in [-0.15, -0.1) is 0 Å². The Bertz CT molecular complexity index is 944. The van der Waals surface area contributed by atoms with Crippen LogP contribution in [0.5, 0.6) is 28.7 Å². The van der Waals surface area contributed by atoms with Gasteiger partial charge in [-0.1, -0.05) is 0 Å². The van der Waals surface area contributed by atoms with Crippen molar-refractivity contribution in [2.45, 2.75) is 0 Å². The van der Waals surface area contributed by atoms with Crippen molar-refractivity contribution in [2.75, 3.05) is 34.5 Å². The number of ether oxygens (including phenoxy) is 5. The number of methoxy groups -OCH3 is 3. The number of hydrogen-bond acceptors (Lipinski definition) is 7. The van der Waals surface area contributed by atoms with Crippen molar-refractivity contribution in [1.82, 2.24) is 4.37 Å². The standard InChI is InChI=1S/C20H19NO5S/c1-22-17-9-13(10-18(23-2)20(17)24-3)19-11-14(21-27-19)12-4-5-15-16(8-12)26-7-6-25-15/h4-5,8-11H,6-7H2,1-3H3. The molecule has 0 saturated heterocycles. The average Bonchev–Trinajstić information content (AvgIpc) is 3.22. The second-order valence-corrected chi connectivity index (χ2v) is 6.65. The van der Waals surface area contributed by atoms with Gasteiger partial charge in [-0.3, -0.25) is 0 Å². The summed E-state index contributed by atoms with van der Waals surface area (Å²) in [5.41, 5.74) is 2.81. The maximum atomic E-state index is 5.67. The molecule has 0 radical (unpaired) electrons. The van der Waals surface area contributed by atoms with Crippen LogP contribution in [0.1, 0.15) is 0 Å². The Kier molecular flexibility index (Phi) is 4.77. The molecule has 0 saturated carbocycles. The number of aromatic nitrogens is 1. The third kappa shape index (κ3) is 3.26. The summed E-state index contributed by atoms with van der Waals surface area (Å²) in [6, 6.07) is 11.7. The minimum atomic E-state index is 0.560. The molecule has 0 spiro atoms. The van der Waals surface area contributed by atoms with E-state index in [-0.39, 0.29) is 0 Å². The highest BCUT2D eigenvalue weighted by Gasteiger charge is 2.17. The lowest BCUT2D eigenvalue weighted by Crippen LogP contribution is -2.15. The molecule has 2 aromatic carbocycles. The zero-order valence-corrected chi connectivity index (χ0v) is 16.1. The summed E-state index contributed by atoms with van der Waals surface area (Å²) in [6.07, 6.45) is 0. The summed E-state index contributed by atoms with van der Waals surface area (Å²) >= 11 is 1.41. The molecule has 140 valence electrons. The minimum Gasteiger partial charge on any atom is -0.493 e. The molecule has 0 fully saturated rings. The van der Waals surface area contributed by atoms with E-state index in [4.69, 9.17) is 23.7 Å². The van der Waals surface area contributed by atoms with Gasteiger partial charge < -0.3 is 23.7 Å². The van der Waals surface area contributed by atoms with Crippen LogP contribution in [0.4, 0.5) is 0 Å². The molecule has 27 heavy (non-hydrogen) atoms. The summed E-state index contributed by atoms with van der Waals surface area (Å²) in [6.45, 7) is 1.14. The van der Waals surface area contributed by atoms with Crippen LogP contribution in [0, 0.1) is 0 Å². The zero-order chi connectivity index (χ0) is 18.8. The Morgan fingerprint density at radius 1 is 0.815 bits per heavy atom. The van der Waals surface area contributed by atoms with E-state index in [1.54, 1.807) is 21.3 Å². The lowest BCUT2D eigenvalue weighted by molar-refractivity contribution is 0.171. The first-order chi connectivity index (χ1) is 13.2. The molecule has 0 atom stereocenters. The Morgan fingerprint density at radius 3 is 2.19 bits per heavy atom. The van der Waals surface area contributed by atoms with Crippen molar-refractivity contribution in [1.29, 1.82) is 0 Å². The Labute approximate surface area is 161 Å². The molecule has 7 heteroatoms. The van der Waals surface area contributed by atoms with Crippen molar-refractivity contribution in [3.8, 4) is 50.4 Å². The summed E-state index contributed by atoms with van der Waals surface area (Å²) in [5.74, 6) is 3.31. The number of nitrogens with zero attached hydrogens (tertiary/aromatic N) is 1. The molecule has 0 bridgehead atoms. The molecule has 2 heterocycles. The third-order valence-electron chi connectivity index (χ3n) is 4.30. The Hall–Kier alpha value is -2.93. The Morgan fingerprint density at radius 2 is 1.52 bits per heavy atom. The zero-order valence-electron chi connectivity index (χ0n) is 15.3. The highest BCUT2D eigenvalue weighted by Crippen LogP contribution is 2.43. The van der Waals surface area contributed by atoms with E-state index in [2.05, 4.69) is 4.37 Å². The van der Waals surface area contributed by atoms with Crippen LogP contribution in [0.15, 0.2) is 36.4 Å². The molecule has 0 N–H and O–H groups in total. The summed E-state index contributed by atoms with van der Waals surface area (Å²) in [7, 11) is 4.80. The molecule has 0 aliphatic carbocycles. The molecule has 1 aliphatic rings. The second kappa shape index (κ2) is 7.36. The summed E-state index contributed by atoms with van der Waals surface area (Å²) in [4.78, 5) is 0.999. The van der Waals surface area contributed by atoms with Crippen LogP contribution in [0.25, 0.3) is 21.7 Å². The lowest BCUT2D eigenvalue weighted by Gasteiger charge is -2.18. The first-order valence-electron chi connectivity index (χ1n) is 8.40. The molecule has 1 aromatic heterocycles. The van der Waals surface area contributed by atoms with Gasteiger partial charge in [0.05, 0.1) is 31.9 Å². The van der Waals surface area contributed by atoms with Gasteiger partial charge in [-0.05, 0) is 47.9 Å². The van der Waals surface area contributed by atoms with Crippen molar-refractivity contribution >= 4 is 11.5 Å². The number of benzene rings is 2. The lowest BCUT2D eigenvalue weighted by atomic mass is 10.1. The number of hydrogen-bond donors (Lipinski definition) is 0. The van der Waals surface area contributed by atoms with Crippen LogP contribution in [0.3, 0.4) is 0 Å². The van der Waals surface area contributed by atoms with Gasteiger partial charge in [-0.25, -0.2) is 0 Å². The number of rotatable bonds is 5. The molecular formula is C20H19NO5S. The van der Waals surface area contributed by atoms with Crippen LogP contribution in [-0.2, 0) is 0 Å². The predicted molar refractivity (Wildman–Crippen MR) is 104 cm³/mol. The van der Waals surface area contributed by atoms with Crippen molar-refractivity contribution in [2.24, 2.45) is 0 Å². The summed E-state index contributed by atoms with van der Waals surface area (Å²) < 4.78 is 32.1. The fraction of sp³-hybridized carbons (Fsp3) is 0.250. The van der Waals surface area contributed by atoms with E-state index in [9.17, 15) is 0 Å². The smallest absolute Gasteiger partial charge is 0.203 e. The maximum Gasteiger partial charge on any atom is 0.203 e. The largest absolute Gasteiger partial charge is 0.493 e. The first kappa shape index (κ1) is 17.5. The minimum absolute atomic E-state index is 0.560. The molecule has 0 amide bonds. The highest BCUT2D eigenvalue weighted by molar-refractivity contribution is 7.09. The van der Waals surface area contributed by atoms with Gasteiger partial charge in [-0.2, -0.15) is 4.37 Å². The molecule has 4 rings (SSSR count). The van der Waals surface area contributed by atoms with Gasteiger partial charge in [0.25, 0.3) is 0 Å².